The van der Waals surface area contributed by atoms with Crippen molar-refractivity contribution in [3.05, 3.63) is 27.7 Å². The highest BCUT2D eigenvalue weighted by Crippen LogP contribution is 2.28. The molecule has 8 heteroatoms. The third-order valence-corrected chi connectivity index (χ3v) is 5.66. The highest BCUT2D eigenvalue weighted by molar-refractivity contribution is 9.10. The number of aliphatic hydroxyl groups is 1. The summed E-state index contributed by atoms with van der Waals surface area (Å²) in [6, 6.07) is 4.59. The molecule has 1 atom stereocenters. The van der Waals surface area contributed by atoms with Crippen molar-refractivity contribution in [3.8, 4) is 0 Å². The van der Waals surface area contributed by atoms with Crippen LogP contribution >= 0.6 is 27.5 Å². The fraction of sp³-hybridized carbons (Fsp3) is 0.500. The number of hydrogen-bond donors (Lipinski definition) is 2. The number of anilines is 1. The SMILES string of the molecule is O=S(=O)(Nc1cc(Br)ccc1Cl)N1CCCCC1CO. The predicted molar refractivity (Wildman–Crippen MR) is 83.1 cm³/mol. The highest BCUT2D eigenvalue weighted by Gasteiger charge is 2.32. The van der Waals surface area contributed by atoms with Gasteiger partial charge < -0.3 is 5.11 Å². The fourth-order valence-electron chi connectivity index (χ4n) is 2.25. The molecule has 0 aromatic heterocycles. The van der Waals surface area contributed by atoms with E-state index in [1.54, 1.807) is 18.2 Å². The van der Waals surface area contributed by atoms with Crippen molar-refractivity contribution >= 4 is 43.4 Å². The molecule has 0 amide bonds. The second-order valence-corrected chi connectivity index (χ2v) is 7.62. The summed E-state index contributed by atoms with van der Waals surface area (Å²) in [5, 5.41) is 9.65. The molecule has 0 spiro atoms. The van der Waals surface area contributed by atoms with Crippen LogP contribution in [0.15, 0.2) is 22.7 Å². The van der Waals surface area contributed by atoms with E-state index in [1.165, 1.54) is 4.31 Å². The van der Waals surface area contributed by atoms with Gasteiger partial charge in [0.05, 0.1) is 17.3 Å². The molecule has 1 aliphatic rings. The molecule has 0 bridgehead atoms. The van der Waals surface area contributed by atoms with Crippen LogP contribution in [-0.2, 0) is 10.2 Å². The summed E-state index contributed by atoms with van der Waals surface area (Å²) in [4.78, 5) is 0. The Bertz CT molecular complexity index is 582. The van der Waals surface area contributed by atoms with Crippen molar-refractivity contribution in [1.82, 2.24) is 4.31 Å². The lowest BCUT2D eigenvalue weighted by Crippen LogP contribution is -2.47. The van der Waals surface area contributed by atoms with E-state index in [0.29, 0.717) is 23.7 Å². The topological polar surface area (TPSA) is 69.6 Å². The van der Waals surface area contributed by atoms with E-state index in [9.17, 15) is 13.5 Å². The van der Waals surface area contributed by atoms with E-state index in [0.717, 1.165) is 17.3 Å². The molecule has 1 aliphatic heterocycles. The van der Waals surface area contributed by atoms with Crippen molar-refractivity contribution < 1.29 is 13.5 Å². The molecule has 1 heterocycles. The van der Waals surface area contributed by atoms with Crippen LogP contribution in [0.5, 0.6) is 0 Å². The Balaban J connectivity index is 2.24. The van der Waals surface area contributed by atoms with Crippen LogP contribution in [0, 0.1) is 0 Å². The van der Waals surface area contributed by atoms with Gasteiger partial charge in [-0.25, -0.2) is 0 Å². The summed E-state index contributed by atoms with van der Waals surface area (Å²) < 4.78 is 29.4. The first-order chi connectivity index (χ1) is 9.44. The van der Waals surface area contributed by atoms with Crippen LogP contribution in [-0.4, -0.2) is 37.0 Å². The van der Waals surface area contributed by atoms with E-state index in [1.807, 2.05) is 0 Å². The molecule has 2 rings (SSSR count). The summed E-state index contributed by atoms with van der Waals surface area (Å²) in [5.41, 5.74) is 0.323. The fourth-order valence-corrected chi connectivity index (χ4v) is 4.33. The number of aliphatic hydroxyl groups excluding tert-OH is 1. The first-order valence-corrected chi connectivity index (χ1v) is 8.90. The Kier molecular flexibility index (Phi) is 5.30. The zero-order valence-corrected chi connectivity index (χ0v) is 13.9. The lowest BCUT2D eigenvalue weighted by atomic mass is 10.1. The summed E-state index contributed by atoms with van der Waals surface area (Å²) in [6.07, 6.45) is 2.39. The quantitative estimate of drug-likeness (QED) is 0.839. The Hall–Kier alpha value is -0.340. The minimum atomic E-state index is -3.72. The lowest BCUT2D eigenvalue weighted by molar-refractivity contribution is 0.156. The van der Waals surface area contributed by atoms with E-state index < -0.39 is 10.2 Å². The molecule has 0 saturated carbocycles. The molecule has 0 radical (unpaired) electrons. The zero-order valence-electron chi connectivity index (χ0n) is 10.7. The molecular weight excluding hydrogens is 368 g/mol. The van der Waals surface area contributed by atoms with E-state index in [2.05, 4.69) is 20.7 Å². The van der Waals surface area contributed by atoms with Crippen molar-refractivity contribution in [2.24, 2.45) is 0 Å². The van der Waals surface area contributed by atoms with Crippen LogP contribution < -0.4 is 4.72 Å². The van der Waals surface area contributed by atoms with Gasteiger partial charge in [-0.3, -0.25) is 4.72 Å². The number of nitrogens with one attached hydrogen (secondary N) is 1. The maximum Gasteiger partial charge on any atom is 0.302 e. The number of halogens is 2. The maximum atomic E-state index is 12.4. The number of hydrogen-bond acceptors (Lipinski definition) is 3. The van der Waals surface area contributed by atoms with E-state index in [-0.39, 0.29) is 12.6 Å². The Morgan fingerprint density at radius 2 is 2.20 bits per heavy atom. The van der Waals surface area contributed by atoms with Crippen molar-refractivity contribution in [1.29, 1.82) is 0 Å². The molecule has 1 fully saturated rings. The van der Waals surface area contributed by atoms with Gasteiger partial charge in [-0.05, 0) is 31.0 Å². The number of piperidine rings is 1. The third-order valence-electron chi connectivity index (χ3n) is 3.26. The van der Waals surface area contributed by atoms with Gasteiger partial charge in [0.2, 0.25) is 0 Å². The van der Waals surface area contributed by atoms with Gasteiger partial charge in [0.15, 0.2) is 0 Å². The largest absolute Gasteiger partial charge is 0.395 e. The van der Waals surface area contributed by atoms with Gasteiger partial charge in [-0.1, -0.05) is 34.0 Å². The molecule has 0 aliphatic carbocycles. The molecule has 1 aromatic rings. The van der Waals surface area contributed by atoms with Gasteiger partial charge >= 0.3 is 10.2 Å². The van der Waals surface area contributed by atoms with Crippen molar-refractivity contribution in [2.75, 3.05) is 17.9 Å². The first kappa shape index (κ1) is 16.0. The zero-order chi connectivity index (χ0) is 14.8. The van der Waals surface area contributed by atoms with Crippen LogP contribution in [0.4, 0.5) is 5.69 Å². The van der Waals surface area contributed by atoms with Gasteiger partial charge in [0.25, 0.3) is 0 Å². The van der Waals surface area contributed by atoms with E-state index in [4.69, 9.17) is 11.6 Å². The smallest absolute Gasteiger partial charge is 0.302 e. The van der Waals surface area contributed by atoms with Crippen LogP contribution in [0.1, 0.15) is 19.3 Å². The van der Waals surface area contributed by atoms with Crippen LogP contribution in [0.2, 0.25) is 5.02 Å². The lowest BCUT2D eigenvalue weighted by Gasteiger charge is -2.33. The summed E-state index contributed by atoms with van der Waals surface area (Å²) in [5.74, 6) is 0. The first-order valence-electron chi connectivity index (χ1n) is 6.29. The molecule has 20 heavy (non-hydrogen) atoms. The molecular formula is C12H16BrClN2O3S. The minimum absolute atomic E-state index is 0.173. The van der Waals surface area contributed by atoms with Gasteiger partial charge in [-0.15, -0.1) is 0 Å². The second kappa shape index (κ2) is 6.62. The van der Waals surface area contributed by atoms with Crippen LogP contribution in [0.3, 0.4) is 0 Å². The van der Waals surface area contributed by atoms with Gasteiger partial charge in [0, 0.05) is 17.1 Å². The predicted octanol–water partition coefficient (Wildman–Crippen LogP) is 2.61. The number of rotatable bonds is 4. The summed E-state index contributed by atoms with van der Waals surface area (Å²) >= 11 is 9.27. The third kappa shape index (κ3) is 3.65. The monoisotopic (exact) mass is 382 g/mol. The summed E-state index contributed by atoms with van der Waals surface area (Å²) in [6.45, 7) is 0.235. The molecule has 1 saturated heterocycles. The second-order valence-electron chi connectivity index (χ2n) is 4.67. The Labute approximate surface area is 132 Å². The average molecular weight is 384 g/mol. The van der Waals surface area contributed by atoms with E-state index >= 15 is 0 Å². The molecule has 1 aromatic carbocycles. The molecule has 5 nitrogen and oxygen atoms in total. The maximum absolute atomic E-state index is 12.4. The Morgan fingerprint density at radius 1 is 1.45 bits per heavy atom. The van der Waals surface area contributed by atoms with Gasteiger partial charge in [0.1, 0.15) is 0 Å². The number of nitrogens with zero attached hydrogens (tertiary/aromatic N) is 1. The standard InChI is InChI=1S/C12H16BrClN2O3S/c13-9-4-5-11(14)12(7-9)15-20(18,19)16-6-2-1-3-10(16)8-17/h4-5,7,10,15,17H,1-3,6,8H2. The molecule has 1 unspecified atom stereocenters. The molecule has 112 valence electrons. The molecule has 2 N–H and O–H groups in total. The average Bonchev–Trinajstić information content (AvgIpc) is 2.42. The van der Waals surface area contributed by atoms with Crippen molar-refractivity contribution in [3.63, 3.8) is 0 Å². The Morgan fingerprint density at radius 3 is 2.90 bits per heavy atom. The van der Waals surface area contributed by atoms with Crippen LogP contribution in [0.25, 0.3) is 0 Å². The van der Waals surface area contributed by atoms with Crippen molar-refractivity contribution in [2.45, 2.75) is 25.3 Å². The normalized spacial score (nSPS) is 20.9. The summed E-state index contributed by atoms with van der Waals surface area (Å²) in [7, 11) is -3.72. The minimum Gasteiger partial charge on any atom is -0.395 e. The highest BCUT2D eigenvalue weighted by atomic mass is 79.9. The van der Waals surface area contributed by atoms with Gasteiger partial charge in [-0.2, -0.15) is 12.7 Å². The number of benzene rings is 1.